The number of aromatic nitrogens is 1. The largest absolute Gasteiger partial charge is 0.481 e. The number of nitrogens with one attached hydrogen (secondary N) is 1. The molecule has 0 amide bonds. The fourth-order valence-electron chi connectivity index (χ4n) is 1.44. The van der Waals surface area contributed by atoms with Crippen LogP contribution in [0.15, 0.2) is 4.52 Å². The van der Waals surface area contributed by atoms with Crippen LogP contribution in [0.5, 0.6) is 0 Å². The number of carboxylic acids is 1. The van der Waals surface area contributed by atoms with Crippen molar-refractivity contribution in [1.29, 1.82) is 0 Å². The molecule has 102 valence electrons. The SMILES string of the molecule is Cc1noc(C)c1CNCC(C(=O)O)C(F)(F)F. The Kier molecular flexibility index (Phi) is 4.33. The first-order valence-corrected chi connectivity index (χ1v) is 5.15. The van der Waals surface area contributed by atoms with Gasteiger partial charge in [0.2, 0.25) is 0 Å². The normalized spacial score (nSPS) is 13.6. The molecule has 5 nitrogen and oxygen atoms in total. The molecule has 8 heteroatoms. The molecule has 0 aliphatic heterocycles. The van der Waals surface area contributed by atoms with Crippen LogP contribution in [0.25, 0.3) is 0 Å². The van der Waals surface area contributed by atoms with Gasteiger partial charge in [-0.3, -0.25) is 4.79 Å². The smallest absolute Gasteiger partial charge is 0.403 e. The molecule has 1 aromatic heterocycles. The summed E-state index contributed by atoms with van der Waals surface area (Å²) in [5.41, 5.74) is 1.21. The molecule has 18 heavy (non-hydrogen) atoms. The van der Waals surface area contributed by atoms with Crippen molar-refractivity contribution in [1.82, 2.24) is 10.5 Å². The molecule has 1 aromatic rings. The van der Waals surface area contributed by atoms with Crippen LogP contribution in [-0.4, -0.2) is 29.0 Å². The van der Waals surface area contributed by atoms with Crippen LogP contribution in [-0.2, 0) is 11.3 Å². The van der Waals surface area contributed by atoms with E-state index in [-0.39, 0.29) is 6.54 Å². The Bertz CT molecular complexity index is 409. The van der Waals surface area contributed by atoms with Crippen LogP contribution in [0, 0.1) is 19.8 Å². The van der Waals surface area contributed by atoms with Gasteiger partial charge in [-0.1, -0.05) is 5.16 Å². The predicted molar refractivity (Wildman–Crippen MR) is 54.9 cm³/mol. The Morgan fingerprint density at radius 1 is 1.50 bits per heavy atom. The zero-order chi connectivity index (χ0) is 13.9. The van der Waals surface area contributed by atoms with Crippen LogP contribution in [0.4, 0.5) is 13.2 Å². The molecule has 0 saturated carbocycles. The number of hydrogen-bond acceptors (Lipinski definition) is 4. The Balaban J connectivity index is 2.58. The van der Waals surface area contributed by atoms with E-state index in [1.165, 1.54) is 0 Å². The van der Waals surface area contributed by atoms with Crippen molar-refractivity contribution < 1.29 is 27.6 Å². The number of nitrogens with zero attached hydrogens (tertiary/aromatic N) is 1. The van der Waals surface area contributed by atoms with E-state index in [1.807, 2.05) is 0 Å². The maximum atomic E-state index is 12.3. The second-order valence-electron chi connectivity index (χ2n) is 3.87. The van der Waals surface area contributed by atoms with Crippen LogP contribution in [0.3, 0.4) is 0 Å². The zero-order valence-electron chi connectivity index (χ0n) is 9.84. The Hall–Kier alpha value is -1.57. The Labute approximate surface area is 101 Å². The number of carbonyl (C=O) groups is 1. The standard InChI is InChI=1S/C10H13F3N2O3/c1-5-7(6(2)18-15-5)3-14-4-8(9(16)17)10(11,12)13/h8,14H,3-4H2,1-2H3,(H,16,17). The minimum Gasteiger partial charge on any atom is -0.481 e. The van der Waals surface area contributed by atoms with Gasteiger partial charge in [0.05, 0.1) is 5.69 Å². The van der Waals surface area contributed by atoms with Crippen molar-refractivity contribution >= 4 is 5.97 Å². The lowest BCUT2D eigenvalue weighted by Gasteiger charge is -2.16. The molecule has 0 fully saturated rings. The minimum atomic E-state index is -4.77. The average molecular weight is 266 g/mol. The summed E-state index contributed by atoms with van der Waals surface area (Å²) in [5, 5.41) is 14.6. The number of aryl methyl sites for hydroxylation is 2. The number of hydrogen-bond donors (Lipinski definition) is 2. The number of rotatable bonds is 5. The van der Waals surface area contributed by atoms with Gasteiger partial charge in [-0.2, -0.15) is 13.2 Å². The van der Waals surface area contributed by atoms with Crippen LogP contribution in [0.1, 0.15) is 17.0 Å². The Morgan fingerprint density at radius 2 is 2.11 bits per heavy atom. The van der Waals surface area contributed by atoms with E-state index in [1.54, 1.807) is 13.8 Å². The third-order valence-electron chi connectivity index (χ3n) is 2.52. The van der Waals surface area contributed by atoms with Gasteiger partial charge in [0, 0.05) is 18.7 Å². The Morgan fingerprint density at radius 3 is 2.50 bits per heavy atom. The lowest BCUT2D eigenvalue weighted by molar-refractivity contribution is -0.192. The number of carboxylic acid groups (broad SMARTS) is 1. The summed E-state index contributed by atoms with van der Waals surface area (Å²) < 4.78 is 41.9. The first kappa shape index (κ1) is 14.5. The monoisotopic (exact) mass is 266 g/mol. The van der Waals surface area contributed by atoms with Crippen molar-refractivity contribution in [3.8, 4) is 0 Å². The third kappa shape index (κ3) is 3.46. The second kappa shape index (κ2) is 5.38. The molecule has 0 aliphatic rings. The molecule has 1 heterocycles. The van der Waals surface area contributed by atoms with Gasteiger partial charge >= 0.3 is 12.1 Å². The molecule has 2 N–H and O–H groups in total. The van der Waals surface area contributed by atoms with Crippen molar-refractivity contribution in [2.75, 3.05) is 6.54 Å². The molecule has 0 saturated heterocycles. The fourth-order valence-corrected chi connectivity index (χ4v) is 1.44. The lowest BCUT2D eigenvalue weighted by atomic mass is 10.1. The van der Waals surface area contributed by atoms with Gasteiger partial charge in [0.25, 0.3) is 0 Å². The highest BCUT2D eigenvalue weighted by Crippen LogP contribution is 2.26. The van der Waals surface area contributed by atoms with E-state index < -0.39 is 24.6 Å². The van der Waals surface area contributed by atoms with Crippen LogP contribution < -0.4 is 5.32 Å². The number of aliphatic carboxylic acids is 1. The summed E-state index contributed by atoms with van der Waals surface area (Å²) in [6, 6.07) is 0. The topological polar surface area (TPSA) is 75.4 Å². The third-order valence-corrected chi connectivity index (χ3v) is 2.52. The summed E-state index contributed by atoms with van der Waals surface area (Å²) in [4.78, 5) is 10.5. The van der Waals surface area contributed by atoms with Crippen LogP contribution >= 0.6 is 0 Å². The van der Waals surface area contributed by atoms with E-state index >= 15 is 0 Å². The molecule has 0 aliphatic carbocycles. The average Bonchev–Trinajstić information content (AvgIpc) is 2.52. The first-order valence-electron chi connectivity index (χ1n) is 5.15. The maximum absolute atomic E-state index is 12.3. The molecule has 0 spiro atoms. The molecular formula is C10H13F3N2O3. The molecule has 0 radical (unpaired) electrons. The number of alkyl halides is 3. The molecule has 1 rings (SSSR count). The van der Waals surface area contributed by atoms with Crippen molar-refractivity contribution in [2.45, 2.75) is 26.6 Å². The van der Waals surface area contributed by atoms with E-state index in [2.05, 4.69) is 10.5 Å². The molecule has 1 unspecified atom stereocenters. The lowest BCUT2D eigenvalue weighted by Crippen LogP contribution is -2.39. The minimum absolute atomic E-state index is 0.0844. The van der Waals surface area contributed by atoms with Gasteiger partial charge < -0.3 is 14.9 Å². The van der Waals surface area contributed by atoms with E-state index in [9.17, 15) is 18.0 Å². The quantitative estimate of drug-likeness (QED) is 0.847. The van der Waals surface area contributed by atoms with Gasteiger partial charge in [-0.05, 0) is 13.8 Å². The van der Waals surface area contributed by atoms with E-state index in [0.717, 1.165) is 0 Å². The van der Waals surface area contributed by atoms with E-state index in [0.29, 0.717) is 17.0 Å². The summed E-state index contributed by atoms with van der Waals surface area (Å²) in [7, 11) is 0. The van der Waals surface area contributed by atoms with Gasteiger partial charge in [-0.15, -0.1) is 0 Å². The summed E-state index contributed by atoms with van der Waals surface area (Å²) >= 11 is 0. The summed E-state index contributed by atoms with van der Waals surface area (Å²) in [5.74, 6) is -3.81. The predicted octanol–water partition coefficient (Wildman–Crippen LogP) is 1.64. The second-order valence-corrected chi connectivity index (χ2v) is 3.87. The zero-order valence-corrected chi connectivity index (χ0v) is 9.84. The highest BCUT2D eigenvalue weighted by molar-refractivity contribution is 5.71. The van der Waals surface area contributed by atoms with Crippen molar-refractivity contribution in [2.24, 2.45) is 5.92 Å². The molecule has 0 bridgehead atoms. The molecular weight excluding hydrogens is 253 g/mol. The van der Waals surface area contributed by atoms with Crippen LogP contribution in [0.2, 0.25) is 0 Å². The molecule has 1 atom stereocenters. The van der Waals surface area contributed by atoms with Crippen molar-refractivity contribution in [3.05, 3.63) is 17.0 Å². The first-order chi connectivity index (χ1) is 8.23. The summed E-state index contributed by atoms with van der Waals surface area (Å²) in [6.45, 7) is 2.69. The highest BCUT2D eigenvalue weighted by Gasteiger charge is 2.44. The molecule has 0 aromatic carbocycles. The number of halogens is 3. The highest BCUT2D eigenvalue weighted by atomic mass is 19.4. The van der Waals surface area contributed by atoms with E-state index in [4.69, 9.17) is 9.63 Å². The maximum Gasteiger partial charge on any atom is 0.403 e. The fraction of sp³-hybridized carbons (Fsp3) is 0.600. The van der Waals surface area contributed by atoms with Crippen molar-refractivity contribution in [3.63, 3.8) is 0 Å². The van der Waals surface area contributed by atoms with Gasteiger partial charge in [0.15, 0.2) is 5.92 Å². The van der Waals surface area contributed by atoms with Gasteiger partial charge in [-0.25, -0.2) is 0 Å². The summed E-state index contributed by atoms with van der Waals surface area (Å²) in [6.07, 6.45) is -4.77. The van der Waals surface area contributed by atoms with Gasteiger partial charge in [0.1, 0.15) is 5.76 Å².